The van der Waals surface area contributed by atoms with Gasteiger partial charge in [0.25, 0.3) is 0 Å². The quantitative estimate of drug-likeness (QED) is 0.0261. The molecule has 0 spiro atoms. The fraction of sp³-hybridized carbons (Fsp3) is 0.563. The van der Waals surface area contributed by atoms with Gasteiger partial charge >= 0.3 is 17.9 Å². The molecule has 0 heterocycles. The van der Waals surface area contributed by atoms with E-state index in [4.69, 9.17) is 14.2 Å². The number of hydrogen-bond acceptors (Lipinski definition) is 6. The summed E-state index contributed by atoms with van der Waals surface area (Å²) in [6, 6.07) is 0. The number of ether oxygens (including phenoxy) is 3. The lowest BCUT2D eigenvalue weighted by Crippen LogP contribution is -2.30. The Bertz CT molecular complexity index is 1790. The van der Waals surface area contributed by atoms with Crippen molar-refractivity contribution in [2.24, 2.45) is 0 Å². The van der Waals surface area contributed by atoms with Crippen LogP contribution in [0.4, 0.5) is 0 Å². The maximum absolute atomic E-state index is 12.9. The van der Waals surface area contributed by atoms with Crippen LogP contribution in [-0.4, -0.2) is 37.2 Å². The molecule has 0 fully saturated rings. The second-order valence-corrected chi connectivity index (χ2v) is 19.5. The molecule has 0 aliphatic heterocycles. The normalized spacial score (nSPS) is 13.3. The molecule has 0 aliphatic carbocycles. The van der Waals surface area contributed by atoms with Gasteiger partial charge in [-0.2, -0.15) is 0 Å². The molecule has 0 aromatic heterocycles. The summed E-state index contributed by atoms with van der Waals surface area (Å²) in [4.78, 5) is 38.2. The third-order valence-corrected chi connectivity index (χ3v) is 12.2. The number of carbonyl (C=O) groups excluding carboxylic acids is 3. The molecule has 0 rings (SSSR count). The van der Waals surface area contributed by atoms with Gasteiger partial charge in [-0.25, -0.2) is 0 Å². The van der Waals surface area contributed by atoms with Crippen molar-refractivity contribution in [1.82, 2.24) is 0 Å². The third kappa shape index (κ3) is 61.5. The van der Waals surface area contributed by atoms with Crippen molar-refractivity contribution in [1.29, 1.82) is 0 Å². The van der Waals surface area contributed by atoms with Crippen molar-refractivity contribution in [2.75, 3.05) is 13.2 Å². The summed E-state index contributed by atoms with van der Waals surface area (Å²) in [5.74, 6) is -1.05. The molecule has 0 saturated carbocycles. The zero-order valence-electron chi connectivity index (χ0n) is 49.1. The maximum Gasteiger partial charge on any atom is 0.306 e. The lowest BCUT2D eigenvalue weighted by molar-refractivity contribution is -0.166. The van der Waals surface area contributed by atoms with Crippen LogP contribution in [0.25, 0.3) is 0 Å². The van der Waals surface area contributed by atoms with Gasteiger partial charge in [0.15, 0.2) is 6.10 Å². The topological polar surface area (TPSA) is 78.9 Å². The number of rotatable bonds is 53. The van der Waals surface area contributed by atoms with Gasteiger partial charge in [-0.1, -0.05) is 255 Å². The number of unbranched alkanes of at least 4 members (excludes halogenated alkanes) is 14. The van der Waals surface area contributed by atoms with E-state index in [0.29, 0.717) is 19.3 Å². The number of hydrogen-bond donors (Lipinski definition) is 0. The summed E-state index contributed by atoms with van der Waals surface area (Å²) < 4.78 is 16.8. The fourth-order valence-corrected chi connectivity index (χ4v) is 7.74. The molecule has 1 unspecified atom stereocenters. The number of esters is 3. The molecule has 0 bridgehead atoms. The van der Waals surface area contributed by atoms with Crippen LogP contribution in [0.15, 0.2) is 170 Å². The Hall–Kier alpha value is -5.23. The van der Waals surface area contributed by atoms with Crippen molar-refractivity contribution in [2.45, 2.75) is 245 Å². The van der Waals surface area contributed by atoms with Gasteiger partial charge in [-0.15, -0.1) is 0 Å². The standard InChI is InChI=1S/C71H110O6/c1-4-7-10-13-16-19-22-25-27-29-31-32-33-34-35-36-37-38-40-41-43-46-49-52-55-58-61-64-70(73)76-67-68(66-75-69(72)63-60-57-54-51-48-45-24-21-18-15-12-9-6-3)77-71(74)65-62-59-56-53-50-47-44-42-39-30-28-26-23-20-17-14-11-8-5-2/h7-12,16-21,25-28,31-32,34-35,39,42,45,47-48,50,54,57,68H,4-6,13-15,22-24,29-30,33,36-38,40-41,43-44,46,49,51-53,55-56,58-67H2,1-3H3/b10-7-,11-8-,12-9-,19-16-,20-17-,21-18-,27-25-,28-26-,32-31-,35-34-,42-39-,48-45-,50-47-,57-54-. The lowest BCUT2D eigenvalue weighted by atomic mass is 10.0. The first-order valence-electron chi connectivity index (χ1n) is 30.6. The minimum Gasteiger partial charge on any atom is -0.462 e. The highest BCUT2D eigenvalue weighted by atomic mass is 16.6. The van der Waals surface area contributed by atoms with Crippen molar-refractivity contribution >= 4 is 17.9 Å². The van der Waals surface area contributed by atoms with Gasteiger partial charge in [0, 0.05) is 19.3 Å². The predicted molar refractivity (Wildman–Crippen MR) is 334 cm³/mol. The summed E-state index contributed by atoms with van der Waals surface area (Å²) in [6.45, 7) is 6.19. The molecule has 0 N–H and O–H groups in total. The van der Waals surface area contributed by atoms with E-state index in [1.165, 1.54) is 57.8 Å². The maximum atomic E-state index is 12.9. The van der Waals surface area contributed by atoms with Gasteiger partial charge < -0.3 is 14.2 Å². The Morgan fingerprint density at radius 3 is 0.818 bits per heavy atom. The Morgan fingerprint density at radius 1 is 0.260 bits per heavy atom. The van der Waals surface area contributed by atoms with Crippen molar-refractivity contribution in [3.8, 4) is 0 Å². The molecule has 6 heteroatoms. The molecular weight excluding hydrogens is 949 g/mol. The van der Waals surface area contributed by atoms with E-state index in [9.17, 15) is 14.4 Å². The minimum absolute atomic E-state index is 0.123. The average molecular weight is 1060 g/mol. The van der Waals surface area contributed by atoms with Gasteiger partial charge in [0.05, 0.1) is 0 Å². The van der Waals surface area contributed by atoms with Gasteiger partial charge in [0.2, 0.25) is 0 Å². The smallest absolute Gasteiger partial charge is 0.306 e. The fourth-order valence-electron chi connectivity index (χ4n) is 7.74. The van der Waals surface area contributed by atoms with Crippen LogP contribution in [0.3, 0.4) is 0 Å². The van der Waals surface area contributed by atoms with Crippen LogP contribution in [0.5, 0.6) is 0 Å². The van der Waals surface area contributed by atoms with Crippen molar-refractivity contribution < 1.29 is 28.6 Å². The number of carbonyl (C=O) groups is 3. The molecule has 0 radical (unpaired) electrons. The van der Waals surface area contributed by atoms with Crippen LogP contribution in [0.2, 0.25) is 0 Å². The zero-order valence-corrected chi connectivity index (χ0v) is 49.1. The lowest BCUT2D eigenvalue weighted by Gasteiger charge is -2.18. The summed E-state index contributed by atoms with van der Waals surface area (Å²) in [6.07, 6.45) is 93.7. The monoisotopic (exact) mass is 1060 g/mol. The molecular formula is C71H110O6. The summed E-state index contributed by atoms with van der Waals surface area (Å²) in [5, 5.41) is 0. The molecule has 0 saturated heterocycles. The van der Waals surface area contributed by atoms with E-state index in [-0.39, 0.29) is 44.0 Å². The highest BCUT2D eigenvalue weighted by molar-refractivity contribution is 5.71. The second-order valence-electron chi connectivity index (χ2n) is 19.5. The third-order valence-electron chi connectivity index (χ3n) is 12.2. The van der Waals surface area contributed by atoms with E-state index in [1.54, 1.807) is 0 Å². The van der Waals surface area contributed by atoms with Crippen LogP contribution in [-0.2, 0) is 28.6 Å². The summed E-state index contributed by atoms with van der Waals surface area (Å²) >= 11 is 0. The van der Waals surface area contributed by atoms with Crippen LogP contribution < -0.4 is 0 Å². The van der Waals surface area contributed by atoms with E-state index in [2.05, 4.69) is 179 Å². The Labute approximate surface area is 472 Å². The van der Waals surface area contributed by atoms with Crippen LogP contribution in [0, 0.1) is 0 Å². The van der Waals surface area contributed by atoms with E-state index >= 15 is 0 Å². The van der Waals surface area contributed by atoms with Crippen LogP contribution >= 0.6 is 0 Å². The first kappa shape index (κ1) is 71.8. The summed E-state index contributed by atoms with van der Waals surface area (Å²) in [7, 11) is 0. The van der Waals surface area contributed by atoms with E-state index in [0.717, 1.165) is 128 Å². The molecule has 77 heavy (non-hydrogen) atoms. The zero-order chi connectivity index (χ0) is 55.7. The highest BCUT2D eigenvalue weighted by Crippen LogP contribution is 2.14. The molecule has 0 aliphatic rings. The first-order valence-corrected chi connectivity index (χ1v) is 30.6. The Balaban J connectivity index is 4.44. The molecule has 0 aromatic carbocycles. The highest BCUT2D eigenvalue weighted by Gasteiger charge is 2.19. The predicted octanol–water partition coefficient (Wildman–Crippen LogP) is 21.1. The van der Waals surface area contributed by atoms with Gasteiger partial charge in [-0.05, 0) is 135 Å². The van der Waals surface area contributed by atoms with Gasteiger partial charge in [0.1, 0.15) is 13.2 Å². The summed E-state index contributed by atoms with van der Waals surface area (Å²) in [5.41, 5.74) is 0. The van der Waals surface area contributed by atoms with E-state index in [1.807, 2.05) is 12.2 Å². The molecule has 0 aromatic rings. The largest absolute Gasteiger partial charge is 0.462 e. The van der Waals surface area contributed by atoms with Crippen molar-refractivity contribution in [3.63, 3.8) is 0 Å². The first-order chi connectivity index (χ1) is 38.0. The second kappa shape index (κ2) is 63.3. The molecule has 6 nitrogen and oxygen atoms in total. The minimum atomic E-state index is -0.835. The van der Waals surface area contributed by atoms with E-state index < -0.39 is 6.10 Å². The molecule has 0 amide bonds. The Morgan fingerprint density at radius 2 is 0.494 bits per heavy atom. The number of allylic oxidation sites excluding steroid dienone is 28. The van der Waals surface area contributed by atoms with Gasteiger partial charge in [-0.3, -0.25) is 14.4 Å². The SMILES string of the molecule is CC/C=C\C/C=C\C/C=C\C/C=C\C/C=C\CCCCCCCCCCCCCC(=O)OCC(COC(=O)CC/C=C\C/C=C\C/C=C\C/C=C\CC)OC(=O)CCCCC/C=C\C/C=C\C/C=C\C/C=C\C/C=C\CC. The molecule has 1 atom stereocenters. The average Bonchev–Trinajstić information content (AvgIpc) is 3.43. The van der Waals surface area contributed by atoms with Crippen LogP contribution in [0.1, 0.15) is 239 Å². The Kier molecular flexibility index (Phi) is 59.0. The van der Waals surface area contributed by atoms with Crippen molar-refractivity contribution in [3.05, 3.63) is 170 Å². The molecule has 430 valence electrons.